The van der Waals surface area contributed by atoms with Crippen molar-refractivity contribution in [3.05, 3.63) is 46.7 Å². The van der Waals surface area contributed by atoms with Gasteiger partial charge in [-0.3, -0.25) is 0 Å². The van der Waals surface area contributed by atoms with Crippen LogP contribution in [0.25, 0.3) is 5.69 Å². The van der Waals surface area contributed by atoms with Gasteiger partial charge in [0.15, 0.2) is 0 Å². The number of benzene rings is 1. The van der Waals surface area contributed by atoms with Crippen molar-refractivity contribution < 1.29 is 5.11 Å². The number of aromatic nitrogens is 2. The van der Waals surface area contributed by atoms with Crippen LogP contribution in [0.15, 0.2) is 30.5 Å². The third-order valence-corrected chi connectivity index (χ3v) is 2.85. The molecule has 0 aliphatic rings. The van der Waals surface area contributed by atoms with Crippen molar-refractivity contribution in [3.8, 4) is 5.69 Å². The van der Waals surface area contributed by atoms with Gasteiger partial charge in [0.2, 0.25) is 0 Å². The Labute approximate surface area is 99.3 Å². The van der Waals surface area contributed by atoms with Crippen LogP contribution >= 0.6 is 11.6 Å². The monoisotopic (exact) mass is 236 g/mol. The Balaban J connectivity index is 2.34. The zero-order valence-electron chi connectivity index (χ0n) is 9.18. The van der Waals surface area contributed by atoms with Crippen molar-refractivity contribution in [2.45, 2.75) is 20.0 Å². The molecule has 4 heteroatoms. The summed E-state index contributed by atoms with van der Waals surface area (Å²) >= 11 is 5.94. The first-order chi connectivity index (χ1) is 7.58. The molecule has 3 nitrogen and oxygen atoms in total. The zero-order chi connectivity index (χ0) is 11.7. The molecule has 0 bridgehead atoms. The van der Waals surface area contributed by atoms with E-state index in [1.54, 1.807) is 17.8 Å². The lowest BCUT2D eigenvalue weighted by atomic mass is 10.1. The minimum absolute atomic E-state index is 0.447. The predicted octanol–water partition coefficient (Wildman–Crippen LogP) is 2.89. The molecular weight excluding hydrogens is 224 g/mol. The van der Waals surface area contributed by atoms with E-state index < -0.39 is 6.10 Å². The highest BCUT2D eigenvalue weighted by molar-refractivity contribution is 6.31. The van der Waals surface area contributed by atoms with Gasteiger partial charge in [-0.25, -0.2) is 4.68 Å². The van der Waals surface area contributed by atoms with E-state index in [1.807, 2.05) is 31.2 Å². The van der Waals surface area contributed by atoms with E-state index in [2.05, 4.69) is 5.10 Å². The lowest BCUT2D eigenvalue weighted by Crippen LogP contribution is -1.96. The van der Waals surface area contributed by atoms with Crippen molar-refractivity contribution in [2.75, 3.05) is 0 Å². The molecule has 0 spiro atoms. The highest BCUT2D eigenvalue weighted by Gasteiger charge is 2.05. The molecule has 1 aromatic carbocycles. The molecule has 0 fully saturated rings. The van der Waals surface area contributed by atoms with Crippen LogP contribution in [0.1, 0.15) is 24.3 Å². The lowest BCUT2D eigenvalue weighted by molar-refractivity contribution is 0.199. The first-order valence-electron chi connectivity index (χ1n) is 5.08. The Morgan fingerprint density at radius 1 is 1.31 bits per heavy atom. The minimum atomic E-state index is -0.447. The summed E-state index contributed by atoms with van der Waals surface area (Å²) < 4.78 is 1.73. The average molecular weight is 237 g/mol. The van der Waals surface area contributed by atoms with Gasteiger partial charge in [0.1, 0.15) is 0 Å². The largest absolute Gasteiger partial charge is 0.389 e. The summed E-state index contributed by atoms with van der Waals surface area (Å²) in [6.07, 6.45) is 1.32. The Bertz CT molecular complexity index is 469. The number of aryl methyl sites for hydroxylation is 1. The van der Waals surface area contributed by atoms with Crippen LogP contribution in [0.3, 0.4) is 0 Å². The van der Waals surface area contributed by atoms with Gasteiger partial charge in [0.05, 0.1) is 22.5 Å². The Kier molecular flexibility index (Phi) is 2.99. The third-order valence-electron chi connectivity index (χ3n) is 2.48. The normalized spacial score (nSPS) is 12.8. The Hall–Kier alpha value is -1.32. The molecule has 0 saturated heterocycles. The highest BCUT2D eigenvalue weighted by atomic mass is 35.5. The van der Waals surface area contributed by atoms with E-state index >= 15 is 0 Å². The standard InChI is InChI=1S/C12H13ClN2O/c1-8-12(13)7-15(14-8)11-5-3-10(4-6-11)9(2)16/h3-7,9,16H,1-2H3/t9-/m0/s1. The summed E-state index contributed by atoms with van der Waals surface area (Å²) in [5, 5.41) is 14.3. The maximum atomic E-state index is 9.39. The summed E-state index contributed by atoms with van der Waals surface area (Å²) in [5.74, 6) is 0. The topological polar surface area (TPSA) is 38.0 Å². The predicted molar refractivity (Wildman–Crippen MR) is 63.9 cm³/mol. The maximum Gasteiger partial charge on any atom is 0.0819 e. The molecule has 1 heterocycles. The molecule has 2 aromatic rings. The van der Waals surface area contributed by atoms with E-state index in [-0.39, 0.29) is 0 Å². The second-order valence-corrected chi connectivity index (χ2v) is 4.18. The number of nitrogens with zero attached hydrogens (tertiary/aromatic N) is 2. The van der Waals surface area contributed by atoms with Crippen LogP contribution in [0.4, 0.5) is 0 Å². The smallest absolute Gasteiger partial charge is 0.0819 e. The van der Waals surface area contributed by atoms with E-state index in [4.69, 9.17) is 11.6 Å². The molecule has 0 aliphatic carbocycles. The summed E-state index contributed by atoms with van der Waals surface area (Å²) in [4.78, 5) is 0. The second-order valence-electron chi connectivity index (χ2n) is 3.77. The number of hydrogen-bond donors (Lipinski definition) is 1. The molecule has 1 N–H and O–H groups in total. The van der Waals surface area contributed by atoms with Gasteiger partial charge in [0, 0.05) is 6.20 Å². The zero-order valence-corrected chi connectivity index (χ0v) is 9.94. The Morgan fingerprint density at radius 3 is 2.38 bits per heavy atom. The molecule has 1 atom stereocenters. The summed E-state index contributed by atoms with van der Waals surface area (Å²) in [7, 11) is 0. The van der Waals surface area contributed by atoms with Crippen LogP contribution < -0.4 is 0 Å². The SMILES string of the molecule is Cc1nn(-c2ccc([C@H](C)O)cc2)cc1Cl. The van der Waals surface area contributed by atoms with Crippen LogP contribution in [0, 0.1) is 6.92 Å². The first-order valence-corrected chi connectivity index (χ1v) is 5.46. The molecule has 1 aromatic heterocycles. The fourth-order valence-corrected chi connectivity index (χ4v) is 1.61. The second kappa shape index (κ2) is 4.28. The number of aliphatic hydroxyl groups excluding tert-OH is 1. The van der Waals surface area contributed by atoms with Gasteiger partial charge < -0.3 is 5.11 Å². The van der Waals surface area contributed by atoms with Crippen LogP contribution in [0.5, 0.6) is 0 Å². The van der Waals surface area contributed by atoms with Crippen LogP contribution in [-0.2, 0) is 0 Å². The summed E-state index contributed by atoms with van der Waals surface area (Å²) in [6.45, 7) is 3.60. The van der Waals surface area contributed by atoms with E-state index in [0.717, 1.165) is 16.9 Å². The molecule has 2 rings (SSSR count). The molecule has 16 heavy (non-hydrogen) atoms. The van der Waals surface area contributed by atoms with Gasteiger partial charge in [0.25, 0.3) is 0 Å². The van der Waals surface area contributed by atoms with Crippen molar-refractivity contribution in [3.63, 3.8) is 0 Å². The molecule has 84 valence electrons. The molecule has 0 radical (unpaired) electrons. The van der Waals surface area contributed by atoms with Gasteiger partial charge in [-0.2, -0.15) is 5.10 Å². The number of aliphatic hydroxyl groups is 1. The van der Waals surface area contributed by atoms with Crippen molar-refractivity contribution in [2.24, 2.45) is 0 Å². The van der Waals surface area contributed by atoms with E-state index in [1.165, 1.54) is 0 Å². The molecule has 0 aliphatic heterocycles. The summed E-state index contributed by atoms with van der Waals surface area (Å²) in [6, 6.07) is 7.57. The fourth-order valence-electron chi connectivity index (χ4n) is 1.48. The van der Waals surface area contributed by atoms with Crippen LogP contribution in [0.2, 0.25) is 5.02 Å². The first kappa shape index (κ1) is 11.2. The molecule has 0 unspecified atom stereocenters. The van der Waals surface area contributed by atoms with Gasteiger partial charge in [-0.1, -0.05) is 23.7 Å². The number of hydrogen-bond acceptors (Lipinski definition) is 2. The van der Waals surface area contributed by atoms with E-state index in [9.17, 15) is 5.11 Å². The van der Waals surface area contributed by atoms with Crippen molar-refractivity contribution >= 4 is 11.6 Å². The third kappa shape index (κ3) is 2.10. The maximum absolute atomic E-state index is 9.39. The molecular formula is C12H13ClN2O. The number of rotatable bonds is 2. The van der Waals surface area contributed by atoms with Crippen molar-refractivity contribution in [1.29, 1.82) is 0 Å². The van der Waals surface area contributed by atoms with Gasteiger partial charge in [-0.15, -0.1) is 0 Å². The van der Waals surface area contributed by atoms with E-state index in [0.29, 0.717) is 5.02 Å². The number of halogens is 1. The quantitative estimate of drug-likeness (QED) is 0.871. The Morgan fingerprint density at radius 2 is 1.94 bits per heavy atom. The summed E-state index contributed by atoms with van der Waals surface area (Å²) in [5.41, 5.74) is 2.62. The molecule has 0 amide bonds. The lowest BCUT2D eigenvalue weighted by Gasteiger charge is -2.06. The van der Waals surface area contributed by atoms with Crippen LogP contribution in [-0.4, -0.2) is 14.9 Å². The minimum Gasteiger partial charge on any atom is -0.389 e. The highest BCUT2D eigenvalue weighted by Crippen LogP contribution is 2.18. The van der Waals surface area contributed by atoms with Gasteiger partial charge in [-0.05, 0) is 31.5 Å². The fraction of sp³-hybridized carbons (Fsp3) is 0.250. The average Bonchev–Trinajstić information content (AvgIpc) is 2.59. The van der Waals surface area contributed by atoms with Crippen molar-refractivity contribution in [1.82, 2.24) is 9.78 Å². The van der Waals surface area contributed by atoms with Gasteiger partial charge >= 0.3 is 0 Å². The molecule has 0 saturated carbocycles.